The topological polar surface area (TPSA) is 79.1 Å². The van der Waals surface area contributed by atoms with Gasteiger partial charge in [0.15, 0.2) is 0 Å². The zero-order chi connectivity index (χ0) is 24.5. The second-order valence-electron chi connectivity index (χ2n) is 8.52. The second kappa shape index (κ2) is 8.96. The van der Waals surface area contributed by atoms with Gasteiger partial charge in [0.2, 0.25) is 0 Å². The highest BCUT2D eigenvalue weighted by Crippen LogP contribution is 2.32. The van der Waals surface area contributed by atoms with Crippen molar-refractivity contribution < 1.29 is 10.2 Å². The third-order valence-electron chi connectivity index (χ3n) is 6.29. The molecule has 2 aliphatic heterocycles. The van der Waals surface area contributed by atoms with E-state index in [1.165, 1.54) is 0 Å². The molecule has 0 saturated carbocycles. The Kier molecular flexibility index (Phi) is 5.35. The minimum absolute atomic E-state index is 0.241. The van der Waals surface area contributed by atoms with Gasteiger partial charge in [0, 0.05) is 27.5 Å². The standard InChI is InChI=1S/C31H21N3O2/c35-30-22(11-9-20-5-1-3-7-25(20)30)13-15-24-16-17-27-28(33-34-29(27)19-32-24)18-14-23-12-10-21-6-2-4-8-26(21)31(23)36/h1-19,35-36H/b15-13+,18-14+. The number of phenols is 2. The zero-order valence-electron chi connectivity index (χ0n) is 19.2. The molecule has 5 nitrogen and oxygen atoms in total. The van der Waals surface area contributed by atoms with Crippen LogP contribution in [-0.4, -0.2) is 25.4 Å². The fourth-order valence-electron chi connectivity index (χ4n) is 4.34. The first kappa shape index (κ1) is 21.5. The van der Waals surface area contributed by atoms with Gasteiger partial charge in [-0.2, -0.15) is 0 Å². The normalized spacial score (nSPS) is 11.9. The summed E-state index contributed by atoms with van der Waals surface area (Å²) in [6, 6.07) is 27.1. The van der Waals surface area contributed by atoms with Crippen LogP contribution in [0.15, 0.2) is 91.1 Å². The SMILES string of the molecule is Oc1c(/C=C/c2ccc3c(/C=C/c4ccc5ccccc5c4O)nnc-3cn2)ccc2ccccc12. The lowest BCUT2D eigenvalue weighted by molar-refractivity contribution is 0.480. The van der Waals surface area contributed by atoms with Crippen LogP contribution < -0.4 is 0 Å². The van der Waals surface area contributed by atoms with Gasteiger partial charge in [-0.1, -0.05) is 72.8 Å². The summed E-state index contributed by atoms with van der Waals surface area (Å²) in [5, 5.41) is 33.5. The van der Waals surface area contributed by atoms with E-state index in [4.69, 9.17) is 0 Å². The summed E-state index contributed by atoms with van der Waals surface area (Å²) in [5.74, 6) is 0.489. The monoisotopic (exact) mass is 467 g/mol. The molecule has 0 aromatic heterocycles. The van der Waals surface area contributed by atoms with Crippen molar-refractivity contribution in [3.8, 4) is 22.8 Å². The molecule has 0 saturated heterocycles. The number of nitrogens with zero attached hydrogens (tertiary/aromatic N) is 3. The summed E-state index contributed by atoms with van der Waals surface area (Å²) in [4.78, 5) is 4.52. The maximum atomic E-state index is 10.7. The summed E-state index contributed by atoms with van der Waals surface area (Å²) in [7, 11) is 0. The Morgan fingerprint density at radius 1 is 0.556 bits per heavy atom. The average molecular weight is 468 g/mol. The smallest absolute Gasteiger partial charge is 0.130 e. The molecule has 2 aliphatic rings. The lowest BCUT2D eigenvalue weighted by Gasteiger charge is -2.04. The number of benzene rings is 4. The Bertz CT molecular complexity index is 1770. The van der Waals surface area contributed by atoms with E-state index in [0.29, 0.717) is 17.0 Å². The molecule has 36 heavy (non-hydrogen) atoms. The van der Waals surface area contributed by atoms with Gasteiger partial charge >= 0.3 is 0 Å². The molecule has 0 fully saturated rings. The quantitative estimate of drug-likeness (QED) is 0.291. The van der Waals surface area contributed by atoms with E-state index in [9.17, 15) is 10.2 Å². The minimum atomic E-state index is 0.241. The number of aromatic nitrogens is 3. The Morgan fingerprint density at radius 2 is 1.17 bits per heavy atom. The van der Waals surface area contributed by atoms with E-state index in [2.05, 4.69) is 15.2 Å². The predicted octanol–water partition coefficient (Wildman–Crippen LogP) is 7.03. The van der Waals surface area contributed by atoms with Crippen LogP contribution in [0.1, 0.15) is 22.5 Å². The summed E-state index contributed by atoms with van der Waals surface area (Å²) in [6.07, 6.45) is 9.09. The molecule has 4 aromatic carbocycles. The third kappa shape index (κ3) is 3.93. The molecule has 0 unspecified atom stereocenters. The van der Waals surface area contributed by atoms with E-state index >= 15 is 0 Å². The highest BCUT2D eigenvalue weighted by molar-refractivity contribution is 5.94. The highest BCUT2D eigenvalue weighted by atomic mass is 16.3. The fraction of sp³-hybridized carbons (Fsp3) is 0. The van der Waals surface area contributed by atoms with Crippen LogP contribution >= 0.6 is 0 Å². The van der Waals surface area contributed by atoms with Gasteiger partial charge < -0.3 is 10.2 Å². The van der Waals surface area contributed by atoms with E-state index in [1.807, 2.05) is 109 Å². The van der Waals surface area contributed by atoms with Gasteiger partial charge in [0.1, 0.15) is 17.2 Å². The van der Waals surface area contributed by atoms with Crippen molar-refractivity contribution in [1.82, 2.24) is 15.2 Å². The summed E-state index contributed by atoms with van der Waals surface area (Å²) < 4.78 is 0. The Morgan fingerprint density at radius 3 is 1.83 bits per heavy atom. The van der Waals surface area contributed by atoms with Gasteiger partial charge in [-0.3, -0.25) is 4.98 Å². The first-order valence-corrected chi connectivity index (χ1v) is 11.6. The minimum Gasteiger partial charge on any atom is -0.507 e. The maximum absolute atomic E-state index is 10.7. The van der Waals surface area contributed by atoms with Gasteiger partial charge in [0.25, 0.3) is 0 Å². The number of hydrogen-bond donors (Lipinski definition) is 2. The molecule has 172 valence electrons. The van der Waals surface area contributed by atoms with Crippen LogP contribution in [-0.2, 0) is 0 Å². The van der Waals surface area contributed by atoms with Crippen LogP contribution in [0.25, 0.3) is 57.1 Å². The Balaban J connectivity index is 1.30. The lowest BCUT2D eigenvalue weighted by atomic mass is 10.0. The first-order valence-electron chi connectivity index (χ1n) is 11.6. The molecule has 0 radical (unpaired) electrons. The van der Waals surface area contributed by atoms with E-state index in [-0.39, 0.29) is 11.5 Å². The zero-order valence-corrected chi connectivity index (χ0v) is 19.2. The van der Waals surface area contributed by atoms with E-state index in [0.717, 1.165) is 38.4 Å². The Hall–Kier alpha value is -5.03. The van der Waals surface area contributed by atoms with Crippen LogP contribution in [0, 0.1) is 0 Å². The van der Waals surface area contributed by atoms with Crippen molar-refractivity contribution >= 4 is 45.8 Å². The molecule has 2 N–H and O–H groups in total. The van der Waals surface area contributed by atoms with Gasteiger partial charge in [0.05, 0.1) is 17.6 Å². The molecule has 4 aromatic rings. The van der Waals surface area contributed by atoms with E-state index < -0.39 is 0 Å². The van der Waals surface area contributed by atoms with Crippen molar-refractivity contribution in [1.29, 1.82) is 0 Å². The molecule has 0 aliphatic carbocycles. The lowest BCUT2D eigenvalue weighted by Crippen LogP contribution is -1.80. The molecule has 0 amide bonds. The van der Waals surface area contributed by atoms with Crippen molar-refractivity contribution in [2.75, 3.05) is 0 Å². The molecule has 6 rings (SSSR count). The van der Waals surface area contributed by atoms with Crippen LogP contribution in [0.2, 0.25) is 0 Å². The third-order valence-corrected chi connectivity index (χ3v) is 6.29. The van der Waals surface area contributed by atoms with Crippen LogP contribution in [0.5, 0.6) is 11.5 Å². The van der Waals surface area contributed by atoms with Crippen molar-refractivity contribution in [3.05, 3.63) is 114 Å². The molecule has 5 heteroatoms. The van der Waals surface area contributed by atoms with Crippen LogP contribution in [0.4, 0.5) is 0 Å². The highest BCUT2D eigenvalue weighted by Gasteiger charge is 2.11. The number of rotatable bonds is 4. The molecular weight excluding hydrogens is 446 g/mol. The maximum Gasteiger partial charge on any atom is 0.130 e. The Labute approximate surface area is 207 Å². The van der Waals surface area contributed by atoms with Crippen molar-refractivity contribution in [3.63, 3.8) is 0 Å². The number of aromatic hydroxyl groups is 2. The summed E-state index contributed by atoms with van der Waals surface area (Å²) >= 11 is 0. The fourth-order valence-corrected chi connectivity index (χ4v) is 4.34. The van der Waals surface area contributed by atoms with Gasteiger partial charge in [-0.15, -0.1) is 10.2 Å². The van der Waals surface area contributed by atoms with Crippen molar-refractivity contribution in [2.45, 2.75) is 0 Å². The second-order valence-corrected chi connectivity index (χ2v) is 8.52. The summed E-state index contributed by atoms with van der Waals surface area (Å²) in [6.45, 7) is 0. The number of hydrogen-bond acceptors (Lipinski definition) is 5. The van der Waals surface area contributed by atoms with Gasteiger partial charge in [-0.25, -0.2) is 0 Å². The predicted molar refractivity (Wildman–Crippen MR) is 146 cm³/mol. The van der Waals surface area contributed by atoms with Crippen molar-refractivity contribution in [2.24, 2.45) is 0 Å². The molecule has 0 atom stereocenters. The number of phenolic OH excluding ortho intramolecular Hbond substituents is 2. The average Bonchev–Trinajstić information content (AvgIpc) is 3.18. The van der Waals surface area contributed by atoms with Gasteiger partial charge in [-0.05, 0) is 47.2 Å². The number of fused-ring (bicyclic) bond motifs is 3. The molecule has 0 spiro atoms. The molecule has 0 bridgehead atoms. The molecule has 2 heterocycles. The van der Waals surface area contributed by atoms with E-state index in [1.54, 1.807) is 6.20 Å². The van der Waals surface area contributed by atoms with Crippen LogP contribution in [0.3, 0.4) is 0 Å². The molecular formula is C31H21N3O2. The first-order chi connectivity index (χ1) is 17.7. The largest absolute Gasteiger partial charge is 0.507 e. The summed E-state index contributed by atoms with van der Waals surface area (Å²) in [5.41, 5.74) is 4.37.